The van der Waals surface area contributed by atoms with Gasteiger partial charge in [0.15, 0.2) is 12.6 Å². The molecule has 1 fully saturated rings. The minimum absolute atomic E-state index is 0. The van der Waals surface area contributed by atoms with E-state index >= 15 is 0 Å². The maximum atomic E-state index is 12.3. The summed E-state index contributed by atoms with van der Waals surface area (Å²) in [7, 11) is 1.82. The Balaban J connectivity index is 0.00000289. The zero-order valence-electron chi connectivity index (χ0n) is 18.4. The molecule has 1 N–H and O–H groups in total. The Labute approximate surface area is 206 Å². The number of carbonyl (C=O) groups excluding carboxylic acids is 1. The largest absolute Gasteiger partial charge is 0.490 e. The second-order valence-electron chi connectivity index (χ2n) is 7.75. The lowest BCUT2D eigenvalue weighted by Crippen LogP contribution is -2.48. The quantitative estimate of drug-likeness (QED) is 0.258. The number of hydrogen-bond donors (Lipinski definition) is 1. The van der Waals surface area contributed by atoms with Crippen LogP contribution in [0.2, 0.25) is 0 Å². The number of fused-ring (bicyclic) bond motifs is 1. The molecule has 2 aromatic rings. The number of guanidine groups is 1. The molecule has 0 unspecified atom stereocenters. The maximum Gasteiger partial charge on any atom is 0.265 e. The predicted molar refractivity (Wildman–Crippen MR) is 137 cm³/mol. The fourth-order valence-corrected chi connectivity index (χ4v) is 4.05. The van der Waals surface area contributed by atoms with Crippen molar-refractivity contribution < 1.29 is 14.3 Å². The Morgan fingerprint density at radius 2 is 1.84 bits per heavy atom. The number of nitrogens with one attached hydrogen (secondary N) is 1. The first-order chi connectivity index (χ1) is 15.2. The molecule has 2 aliphatic rings. The third-order valence-electron chi connectivity index (χ3n) is 5.65. The number of anilines is 1. The number of carbonyl (C=O) groups is 1. The summed E-state index contributed by atoms with van der Waals surface area (Å²) in [6, 6.07) is 17.7. The summed E-state index contributed by atoms with van der Waals surface area (Å²) in [4.78, 5) is 20.8. The van der Waals surface area contributed by atoms with Crippen molar-refractivity contribution >= 4 is 41.5 Å². The molecule has 0 radical (unpaired) electrons. The summed E-state index contributed by atoms with van der Waals surface area (Å²) in [5.41, 5.74) is 0.851. The fourth-order valence-electron chi connectivity index (χ4n) is 4.05. The molecule has 1 saturated heterocycles. The van der Waals surface area contributed by atoms with E-state index in [2.05, 4.69) is 15.2 Å². The van der Waals surface area contributed by atoms with Crippen molar-refractivity contribution in [1.82, 2.24) is 10.2 Å². The van der Waals surface area contributed by atoms with E-state index in [4.69, 9.17) is 9.47 Å². The first kappa shape index (κ1) is 24.2. The molecule has 0 aromatic heterocycles. The van der Waals surface area contributed by atoms with Crippen LogP contribution >= 0.6 is 24.0 Å². The topological polar surface area (TPSA) is 66.4 Å². The minimum Gasteiger partial charge on any atom is -0.490 e. The van der Waals surface area contributed by atoms with E-state index in [9.17, 15) is 4.79 Å². The Kier molecular flexibility index (Phi) is 9.01. The van der Waals surface area contributed by atoms with Gasteiger partial charge in [-0.3, -0.25) is 9.79 Å². The zero-order valence-corrected chi connectivity index (χ0v) is 20.7. The Morgan fingerprint density at radius 3 is 2.59 bits per heavy atom. The molecular formula is C24H31IN4O3. The Hall–Kier alpha value is -2.49. The molecule has 4 rings (SSSR count). The molecular weight excluding hydrogens is 519 g/mol. The van der Waals surface area contributed by atoms with Crippen LogP contribution in [-0.2, 0) is 4.79 Å². The summed E-state index contributed by atoms with van der Waals surface area (Å²) in [6.45, 7) is 3.32. The number of hydrogen-bond acceptors (Lipinski definition) is 4. The van der Waals surface area contributed by atoms with Gasteiger partial charge in [-0.05, 0) is 30.7 Å². The molecule has 0 bridgehead atoms. The van der Waals surface area contributed by atoms with Gasteiger partial charge in [-0.15, -0.1) is 24.0 Å². The lowest BCUT2D eigenvalue weighted by atomic mass is 10.1. The summed E-state index contributed by atoms with van der Waals surface area (Å²) in [5, 5.41) is 3.45. The summed E-state index contributed by atoms with van der Waals surface area (Å²) >= 11 is 0. The van der Waals surface area contributed by atoms with Crippen LogP contribution in [-0.4, -0.2) is 62.7 Å². The third-order valence-corrected chi connectivity index (χ3v) is 5.65. The summed E-state index contributed by atoms with van der Waals surface area (Å²) in [6.07, 6.45) is 3.00. The van der Waals surface area contributed by atoms with Crippen molar-refractivity contribution in [3.05, 3.63) is 54.6 Å². The van der Waals surface area contributed by atoms with Crippen LogP contribution in [0.15, 0.2) is 59.6 Å². The van der Waals surface area contributed by atoms with Gasteiger partial charge >= 0.3 is 0 Å². The van der Waals surface area contributed by atoms with Crippen molar-refractivity contribution in [1.29, 1.82) is 0 Å². The van der Waals surface area contributed by atoms with Crippen LogP contribution < -0.4 is 19.7 Å². The average Bonchev–Trinajstić information content (AvgIpc) is 2.82. The number of halogens is 1. The van der Waals surface area contributed by atoms with Gasteiger partial charge in [0.05, 0.1) is 5.69 Å². The van der Waals surface area contributed by atoms with Crippen LogP contribution in [0.1, 0.15) is 19.3 Å². The van der Waals surface area contributed by atoms with Crippen LogP contribution in [0.25, 0.3) is 0 Å². The first-order valence-corrected chi connectivity index (χ1v) is 10.9. The summed E-state index contributed by atoms with van der Waals surface area (Å²) < 4.78 is 11.6. The fraction of sp³-hybridized carbons (Fsp3) is 0.417. The van der Waals surface area contributed by atoms with E-state index < -0.39 is 0 Å². The number of benzene rings is 2. The van der Waals surface area contributed by atoms with Gasteiger partial charge in [0.2, 0.25) is 0 Å². The molecule has 32 heavy (non-hydrogen) atoms. The highest BCUT2D eigenvalue weighted by atomic mass is 127. The lowest BCUT2D eigenvalue weighted by Gasteiger charge is -2.34. The number of likely N-dealkylation sites (tertiary alicyclic amines) is 1. The van der Waals surface area contributed by atoms with Crippen LogP contribution in [0.4, 0.5) is 5.69 Å². The molecule has 2 aromatic carbocycles. The number of para-hydroxylation sites is 3. The van der Waals surface area contributed by atoms with Gasteiger partial charge in [-0.2, -0.15) is 0 Å². The van der Waals surface area contributed by atoms with Crippen LogP contribution in [0.5, 0.6) is 11.5 Å². The van der Waals surface area contributed by atoms with Gasteiger partial charge in [0.1, 0.15) is 17.6 Å². The highest BCUT2D eigenvalue weighted by Gasteiger charge is 2.25. The minimum atomic E-state index is 0. The average molecular weight is 550 g/mol. The van der Waals surface area contributed by atoms with E-state index in [0.717, 1.165) is 62.0 Å². The van der Waals surface area contributed by atoms with Gasteiger partial charge in [0.25, 0.3) is 5.91 Å². The number of ether oxygens (including phenoxy) is 2. The standard InChI is InChI=1S/C24H30N4O3.HI/c1-25-24(27-16-12-20(13-17-27)31-19-8-3-2-4-9-19)26-14-7-15-28-21-10-5-6-11-22(21)30-18-23(28)29;/h2-6,8-11,20H,7,12-18H2,1H3,(H,25,26);1H. The molecule has 0 spiro atoms. The second-order valence-corrected chi connectivity index (χ2v) is 7.75. The van der Waals surface area contributed by atoms with E-state index in [-0.39, 0.29) is 42.6 Å². The number of aliphatic imine (C=N–C) groups is 1. The van der Waals surface area contributed by atoms with Gasteiger partial charge in [0, 0.05) is 46.1 Å². The Morgan fingerprint density at radius 1 is 1.12 bits per heavy atom. The Bertz CT molecular complexity index is 901. The number of piperidine rings is 1. The van der Waals surface area contributed by atoms with Gasteiger partial charge < -0.3 is 24.6 Å². The molecule has 1 amide bonds. The van der Waals surface area contributed by atoms with Crippen molar-refractivity contribution in [3.63, 3.8) is 0 Å². The van der Waals surface area contributed by atoms with Crippen molar-refractivity contribution in [2.24, 2.45) is 4.99 Å². The van der Waals surface area contributed by atoms with Gasteiger partial charge in [-0.1, -0.05) is 30.3 Å². The molecule has 8 heteroatoms. The van der Waals surface area contributed by atoms with Crippen molar-refractivity contribution in [3.8, 4) is 11.5 Å². The van der Waals surface area contributed by atoms with Crippen LogP contribution in [0.3, 0.4) is 0 Å². The van der Waals surface area contributed by atoms with E-state index in [1.807, 2.05) is 66.5 Å². The molecule has 0 saturated carbocycles. The highest BCUT2D eigenvalue weighted by molar-refractivity contribution is 14.0. The predicted octanol–water partition coefficient (Wildman–Crippen LogP) is 3.54. The number of nitrogens with zero attached hydrogens (tertiary/aromatic N) is 3. The SMILES string of the molecule is CN=C(NCCCN1C(=O)COc2ccccc21)N1CCC(Oc2ccccc2)CC1.I. The zero-order chi connectivity index (χ0) is 21.5. The molecule has 2 aliphatic heterocycles. The third kappa shape index (κ3) is 6.05. The summed E-state index contributed by atoms with van der Waals surface area (Å²) in [5.74, 6) is 2.62. The van der Waals surface area contributed by atoms with E-state index in [1.165, 1.54) is 0 Å². The molecule has 0 aliphatic carbocycles. The van der Waals surface area contributed by atoms with Crippen molar-refractivity contribution in [2.75, 3.05) is 44.7 Å². The second kappa shape index (κ2) is 11.9. The smallest absolute Gasteiger partial charge is 0.265 e. The maximum absolute atomic E-state index is 12.3. The van der Waals surface area contributed by atoms with Crippen molar-refractivity contribution in [2.45, 2.75) is 25.4 Å². The molecule has 7 nitrogen and oxygen atoms in total. The molecule has 0 atom stereocenters. The molecule has 172 valence electrons. The van der Waals surface area contributed by atoms with E-state index in [1.54, 1.807) is 0 Å². The van der Waals surface area contributed by atoms with Crippen LogP contribution in [0, 0.1) is 0 Å². The number of amides is 1. The first-order valence-electron chi connectivity index (χ1n) is 10.9. The normalized spacial score (nSPS) is 16.7. The van der Waals surface area contributed by atoms with E-state index in [0.29, 0.717) is 6.54 Å². The molecule has 2 heterocycles. The monoisotopic (exact) mass is 550 g/mol. The number of rotatable bonds is 6. The van der Waals surface area contributed by atoms with Gasteiger partial charge in [-0.25, -0.2) is 0 Å². The lowest BCUT2D eigenvalue weighted by molar-refractivity contribution is -0.121. The highest BCUT2D eigenvalue weighted by Crippen LogP contribution is 2.31.